The van der Waals surface area contributed by atoms with Crippen molar-refractivity contribution in [1.29, 1.82) is 0 Å². The summed E-state index contributed by atoms with van der Waals surface area (Å²) >= 11 is 5.95. The lowest BCUT2D eigenvalue weighted by Gasteiger charge is -2.38. The van der Waals surface area contributed by atoms with E-state index >= 15 is 0 Å². The van der Waals surface area contributed by atoms with E-state index < -0.39 is 0 Å². The minimum Gasteiger partial charge on any atom is -0.378 e. The van der Waals surface area contributed by atoms with Crippen molar-refractivity contribution in [1.82, 2.24) is 5.32 Å². The predicted octanol–water partition coefficient (Wildman–Crippen LogP) is 5.05. The van der Waals surface area contributed by atoms with Crippen LogP contribution in [0.1, 0.15) is 32.3 Å². The summed E-state index contributed by atoms with van der Waals surface area (Å²) in [5.74, 6) is 0. The van der Waals surface area contributed by atoms with Crippen LogP contribution in [0.15, 0.2) is 48.5 Å². The van der Waals surface area contributed by atoms with Crippen molar-refractivity contribution >= 4 is 11.6 Å². The summed E-state index contributed by atoms with van der Waals surface area (Å²) in [6.07, 6.45) is 2.48. The molecule has 2 nitrogen and oxygen atoms in total. The summed E-state index contributed by atoms with van der Waals surface area (Å²) in [5, 5.41) is 4.49. The van der Waals surface area contributed by atoms with Gasteiger partial charge in [0, 0.05) is 23.7 Å². The van der Waals surface area contributed by atoms with E-state index in [1.165, 1.54) is 16.7 Å². The maximum atomic E-state index is 5.95. The molecule has 1 aliphatic rings. The molecule has 2 aromatic rings. The third-order valence-electron chi connectivity index (χ3n) is 4.64. The van der Waals surface area contributed by atoms with Crippen LogP contribution in [-0.4, -0.2) is 18.2 Å². The van der Waals surface area contributed by atoms with Crippen molar-refractivity contribution in [2.75, 3.05) is 6.61 Å². The first-order valence-electron chi connectivity index (χ1n) is 8.26. The minimum atomic E-state index is 0.173. The van der Waals surface area contributed by atoms with Crippen molar-refractivity contribution in [2.24, 2.45) is 0 Å². The summed E-state index contributed by atoms with van der Waals surface area (Å²) in [4.78, 5) is 0. The van der Waals surface area contributed by atoms with Gasteiger partial charge in [-0.25, -0.2) is 0 Å². The van der Waals surface area contributed by atoms with Gasteiger partial charge < -0.3 is 10.1 Å². The van der Waals surface area contributed by atoms with Gasteiger partial charge in [0.05, 0.1) is 6.10 Å². The summed E-state index contributed by atoms with van der Waals surface area (Å²) < 4.78 is 5.65. The lowest BCUT2D eigenvalue weighted by molar-refractivity contribution is -0.0138. The van der Waals surface area contributed by atoms with Crippen LogP contribution in [0.25, 0.3) is 11.1 Å². The summed E-state index contributed by atoms with van der Waals surface area (Å²) in [7, 11) is 0. The Bertz CT molecular complexity index is 638. The van der Waals surface area contributed by atoms with Crippen molar-refractivity contribution in [3.8, 4) is 11.1 Å². The highest BCUT2D eigenvalue weighted by Gasteiger charge is 2.30. The van der Waals surface area contributed by atoms with E-state index in [1.807, 2.05) is 12.1 Å². The largest absolute Gasteiger partial charge is 0.378 e. The topological polar surface area (TPSA) is 21.3 Å². The van der Waals surface area contributed by atoms with Crippen LogP contribution in [0.4, 0.5) is 0 Å². The third-order valence-corrected chi connectivity index (χ3v) is 4.90. The van der Waals surface area contributed by atoms with Crippen molar-refractivity contribution in [3.63, 3.8) is 0 Å². The minimum absolute atomic E-state index is 0.173. The van der Waals surface area contributed by atoms with Crippen LogP contribution in [-0.2, 0) is 11.3 Å². The number of benzene rings is 2. The second-order valence-electron chi connectivity index (χ2n) is 6.75. The Morgan fingerprint density at radius 1 is 1.09 bits per heavy atom. The average molecular weight is 330 g/mol. The molecule has 122 valence electrons. The Morgan fingerprint density at radius 3 is 2.30 bits per heavy atom. The molecule has 0 aliphatic carbocycles. The Hall–Kier alpha value is -1.35. The molecule has 2 aromatic carbocycles. The molecule has 0 aromatic heterocycles. The van der Waals surface area contributed by atoms with Gasteiger partial charge >= 0.3 is 0 Å². The second-order valence-corrected chi connectivity index (χ2v) is 7.19. The molecule has 0 spiro atoms. The van der Waals surface area contributed by atoms with Crippen LogP contribution in [0.2, 0.25) is 5.02 Å². The van der Waals surface area contributed by atoms with E-state index in [0.29, 0.717) is 6.10 Å². The van der Waals surface area contributed by atoms with Gasteiger partial charge in [0.2, 0.25) is 0 Å². The number of ether oxygens (including phenoxy) is 1. The molecule has 1 N–H and O–H groups in total. The van der Waals surface area contributed by atoms with E-state index in [2.05, 4.69) is 55.6 Å². The van der Waals surface area contributed by atoms with Gasteiger partial charge in [-0.1, -0.05) is 48.0 Å². The fourth-order valence-electron chi connectivity index (χ4n) is 3.21. The smallest absolute Gasteiger partial charge is 0.0564 e. The molecule has 2 unspecified atom stereocenters. The summed E-state index contributed by atoms with van der Waals surface area (Å²) in [6, 6.07) is 16.7. The molecule has 1 aliphatic heterocycles. The molecule has 23 heavy (non-hydrogen) atoms. The normalized spacial score (nSPS) is 24.6. The van der Waals surface area contributed by atoms with Crippen LogP contribution in [0.5, 0.6) is 0 Å². The Labute approximate surface area is 143 Å². The molecule has 1 fully saturated rings. The van der Waals surface area contributed by atoms with Crippen molar-refractivity contribution in [3.05, 3.63) is 59.1 Å². The molecule has 1 heterocycles. The van der Waals surface area contributed by atoms with E-state index in [1.54, 1.807) is 0 Å². The zero-order chi connectivity index (χ0) is 16.3. The first-order chi connectivity index (χ1) is 11.0. The second kappa shape index (κ2) is 7.04. The fourth-order valence-corrected chi connectivity index (χ4v) is 3.34. The van der Waals surface area contributed by atoms with Gasteiger partial charge in [0.1, 0.15) is 0 Å². The number of halogens is 1. The van der Waals surface area contributed by atoms with Crippen LogP contribution >= 0.6 is 11.6 Å². The number of nitrogens with one attached hydrogen (secondary N) is 1. The van der Waals surface area contributed by atoms with Crippen LogP contribution in [0.3, 0.4) is 0 Å². The lowest BCUT2D eigenvalue weighted by Crippen LogP contribution is -2.48. The molecular weight excluding hydrogens is 306 g/mol. The van der Waals surface area contributed by atoms with E-state index in [-0.39, 0.29) is 5.54 Å². The number of hydrogen-bond donors (Lipinski definition) is 1. The third kappa shape index (κ3) is 4.35. The zero-order valence-corrected chi connectivity index (χ0v) is 14.6. The Morgan fingerprint density at radius 2 is 1.70 bits per heavy atom. The van der Waals surface area contributed by atoms with E-state index in [0.717, 1.165) is 31.0 Å². The van der Waals surface area contributed by atoms with Gasteiger partial charge in [0.25, 0.3) is 0 Å². The molecule has 3 heteroatoms. The lowest BCUT2D eigenvalue weighted by atomic mass is 9.89. The van der Waals surface area contributed by atoms with Crippen molar-refractivity contribution in [2.45, 2.75) is 44.9 Å². The number of rotatable bonds is 4. The zero-order valence-electron chi connectivity index (χ0n) is 13.8. The molecule has 0 bridgehead atoms. The first kappa shape index (κ1) is 16.5. The Balaban J connectivity index is 1.62. The standard InChI is InChI=1S/C20H24ClNO/c1-15-13-20(2,11-12-23-15)22-14-16-3-5-17(6-4-16)18-7-9-19(21)10-8-18/h3-10,15,22H,11-14H2,1-2H3. The number of hydrogen-bond acceptors (Lipinski definition) is 2. The quantitative estimate of drug-likeness (QED) is 0.847. The molecule has 2 atom stereocenters. The highest BCUT2D eigenvalue weighted by molar-refractivity contribution is 6.30. The van der Waals surface area contributed by atoms with Gasteiger partial charge in [0.15, 0.2) is 0 Å². The van der Waals surface area contributed by atoms with Gasteiger partial charge in [-0.15, -0.1) is 0 Å². The van der Waals surface area contributed by atoms with E-state index in [4.69, 9.17) is 16.3 Å². The van der Waals surface area contributed by atoms with Crippen molar-refractivity contribution < 1.29 is 4.74 Å². The average Bonchev–Trinajstić information content (AvgIpc) is 2.54. The molecule has 0 amide bonds. The Kier molecular flexibility index (Phi) is 5.05. The molecule has 0 saturated carbocycles. The SMILES string of the molecule is CC1CC(C)(NCc2ccc(-c3ccc(Cl)cc3)cc2)CCO1. The highest BCUT2D eigenvalue weighted by Crippen LogP contribution is 2.25. The monoisotopic (exact) mass is 329 g/mol. The maximum absolute atomic E-state index is 5.95. The fraction of sp³-hybridized carbons (Fsp3) is 0.400. The molecular formula is C20H24ClNO. The molecule has 1 saturated heterocycles. The predicted molar refractivity (Wildman–Crippen MR) is 96.8 cm³/mol. The van der Waals surface area contributed by atoms with Gasteiger partial charge in [-0.05, 0) is 55.5 Å². The van der Waals surface area contributed by atoms with Gasteiger partial charge in [-0.2, -0.15) is 0 Å². The molecule has 0 radical (unpaired) electrons. The maximum Gasteiger partial charge on any atom is 0.0564 e. The molecule has 3 rings (SSSR count). The summed E-state index contributed by atoms with van der Waals surface area (Å²) in [5.41, 5.74) is 3.89. The summed E-state index contributed by atoms with van der Waals surface area (Å²) in [6.45, 7) is 6.19. The first-order valence-corrected chi connectivity index (χ1v) is 8.63. The highest BCUT2D eigenvalue weighted by atomic mass is 35.5. The van der Waals surface area contributed by atoms with Gasteiger partial charge in [-0.3, -0.25) is 0 Å². The van der Waals surface area contributed by atoms with Crippen LogP contribution < -0.4 is 5.32 Å². The van der Waals surface area contributed by atoms with E-state index in [9.17, 15) is 0 Å². The van der Waals surface area contributed by atoms with Crippen LogP contribution in [0, 0.1) is 0 Å².